The lowest BCUT2D eigenvalue weighted by Gasteiger charge is -2.30. The first kappa shape index (κ1) is 11.4. The number of aromatic nitrogens is 1. The summed E-state index contributed by atoms with van der Waals surface area (Å²) in [6.45, 7) is 0.880. The van der Waals surface area contributed by atoms with Crippen LogP contribution in [0.4, 0.5) is 0 Å². The summed E-state index contributed by atoms with van der Waals surface area (Å²) in [7, 11) is 2.17. The summed E-state index contributed by atoms with van der Waals surface area (Å²) in [6.07, 6.45) is 8.25. The summed E-state index contributed by atoms with van der Waals surface area (Å²) in [5, 5.41) is 9.16. The van der Waals surface area contributed by atoms with Crippen molar-refractivity contribution >= 4 is 0 Å². The quantitative estimate of drug-likeness (QED) is 0.850. The fourth-order valence-corrected chi connectivity index (χ4v) is 2.42. The highest BCUT2D eigenvalue weighted by Crippen LogP contribution is 2.22. The Morgan fingerprint density at radius 1 is 1.31 bits per heavy atom. The minimum atomic E-state index is 0.240. The normalized spacial score (nSPS) is 17.9. The molecule has 0 unspecified atom stereocenters. The minimum Gasteiger partial charge on any atom is -0.506 e. The van der Waals surface area contributed by atoms with Crippen molar-refractivity contribution in [3.63, 3.8) is 0 Å². The number of nitrogens with zero attached hydrogens (tertiary/aromatic N) is 2. The molecule has 0 atom stereocenters. The van der Waals surface area contributed by atoms with Crippen LogP contribution in [0.2, 0.25) is 0 Å². The Labute approximate surface area is 97.1 Å². The molecule has 88 valence electrons. The molecule has 1 aliphatic rings. The van der Waals surface area contributed by atoms with Gasteiger partial charge in [0.25, 0.3) is 0 Å². The smallest absolute Gasteiger partial charge is 0.133 e. The zero-order chi connectivity index (χ0) is 11.4. The summed E-state index contributed by atoms with van der Waals surface area (Å²) in [5.74, 6) is 0.240. The van der Waals surface area contributed by atoms with Crippen molar-refractivity contribution in [2.75, 3.05) is 7.05 Å². The van der Waals surface area contributed by atoms with E-state index in [0.717, 1.165) is 12.2 Å². The van der Waals surface area contributed by atoms with Crippen LogP contribution in [-0.4, -0.2) is 28.1 Å². The van der Waals surface area contributed by atoms with Crippen LogP contribution in [0.25, 0.3) is 0 Å². The zero-order valence-electron chi connectivity index (χ0n) is 9.89. The maximum absolute atomic E-state index is 9.16. The highest BCUT2D eigenvalue weighted by molar-refractivity contribution is 5.17. The van der Waals surface area contributed by atoms with Gasteiger partial charge >= 0.3 is 0 Å². The molecule has 1 aliphatic carbocycles. The molecule has 0 saturated heterocycles. The van der Waals surface area contributed by atoms with Gasteiger partial charge in [-0.15, -0.1) is 0 Å². The van der Waals surface area contributed by atoms with E-state index in [9.17, 15) is 0 Å². The number of rotatable bonds is 3. The molecule has 3 heteroatoms. The van der Waals surface area contributed by atoms with Crippen LogP contribution in [0.15, 0.2) is 18.3 Å². The molecule has 0 spiro atoms. The highest BCUT2D eigenvalue weighted by Gasteiger charge is 2.18. The van der Waals surface area contributed by atoms with E-state index in [-0.39, 0.29) is 5.75 Å². The second-order valence-electron chi connectivity index (χ2n) is 4.71. The molecule has 1 fully saturated rings. The first-order valence-corrected chi connectivity index (χ1v) is 6.10. The highest BCUT2D eigenvalue weighted by atomic mass is 16.3. The van der Waals surface area contributed by atoms with E-state index in [2.05, 4.69) is 16.9 Å². The molecule has 1 saturated carbocycles. The predicted octanol–water partition coefficient (Wildman–Crippen LogP) is 2.55. The third-order valence-electron chi connectivity index (χ3n) is 3.42. The maximum atomic E-state index is 9.16. The minimum absolute atomic E-state index is 0.240. The molecule has 0 aliphatic heterocycles. The Morgan fingerprint density at radius 2 is 2.06 bits per heavy atom. The molecule has 3 nitrogen and oxygen atoms in total. The summed E-state index contributed by atoms with van der Waals surface area (Å²) < 4.78 is 0. The van der Waals surface area contributed by atoms with Crippen LogP contribution in [0.3, 0.4) is 0 Å². The lowest BCUT2D eigenvalue weighted by molar-refractivity contribution is 0.182. The van der Waals surface area contributed by atoms with Gasteiger partial charge in [-0.05, 0) is 32.0 Å². The number of aromatic hydroxyl groups is 1. The van der Waals surface area contributed by atoms with Crippen LogP contribution in [0.1, 0.15) is 37.8 Å². The van der Waals surface area contributed by atoms with E-state index in [1.54, 1.807) is 6.07 Å². The SMILES string of the molecule is CN(Cc1ccc(O)cn1)C1CCCCC1. The predicted molar refractivity (Wildman–Crippen MR) is 64.2 cm³/mol. The molecule has 1 aromatic heterocycles. The third-order valence-corrected chi connectivity index (χ3v) is 3.42. The Bertz CT molecular complexity index is 317. The van der Waals surface area contributed by atoms with Crippen molar-refractivity contribution in [1.29, 1.82) is 0 Å². The summed E-state index contributed by atoms with van der Waals surface area (Å²) >= 11 is 0. The van der Waals surface area contributed by atoms with Gasteiger partial charge in [-0.1, -0.05) is 19.3 Å². The van der Waals surface area contributed by atoms with E-state index in [4.69, 9.17) is 5.11 Å². The average Bonchev–Trinajstić information content (AvgIpc) is 2.33. The van der Waals surface area contributed by atoms with Crippen molar-refractivity contribution in [2.24, 2.45) is 0 Å². The summed E-state index contributed by atoms with van der Waals surface area (Å²) in [5.41, 5.74) is 1.03. The third kappa shape index (κ3) is 2.95. The molecule has 2 rings (SSSR count). The van der Waals surface area contributed by atoms with Crippen molar-refractivity contribution in [1.82, 2.24) is 9.88 Å². The van der Waals surface area contributed by atoms with E-state index < -0.39 is 0 Å². The van der Waals surface area contributed by atoms with E-state index in [0.29, 0.717) is 6.04 Å². The van der Waals surface area contributed by atoms with Crippen LogP contribution in [-0.2, 0) is 6.54 Å². The van der Waals surface area contributed by atoms with E-state index in [1.165, 1.54) is 38.3 Å². The van der Waals surface area contributed by atoms with E-state index in [1.807, 2.05) is 6.07 Å². The van der Waals surface area contributed by atoms with Crippen LogP contribution < -0.4 is 0 Å². The van der Waals surface area contributed by atoms with Gasteiger partial charge in [-0.25, -0.2) is 0 Å². The van der Waals surface area contributed by atoms with Crippen molar-refractivity contribution in [2.45, 2.75) is 44.7 Å². The number of pyridine rings is 1. The molecule has 0 amide bonds. The molecule has 1 N–H and O–H groups in total. The molecule has 1 heterocycles. The van der Waals surface area contributed by atoms with Gasteiger partial charge < -0.3 is 5.11 Å². The van der Waals surface area contributed by atoms with Crippen molar-refractivity contribution < 1.29 is 5.11 Å². The number of hydrogen-bond acceptors (Lipinski definition) is 3. The monoisotopic (exact) mass is 220 g/mol. The zero-order valence-corrected chi connectivity index (χ0v) is 9.89. The fourth-order valence-electron chi connectivity index (χ4n) is 2.42. The van der Waals surface area contributed by atoms with Gasteiger partial charge in [0.05, 0.1) is 11.9 Å². The van der Waals surface area contributed by atoms with Gasteiger partial charge in [0, 0.05) is 12.6 Å². The molecule has 0 radical (unpaired) electrons. The van der Waals surface area contributed by atoms with Gasteiger partial charge in [0.1, 0.15) is 5.75 Å². The van der Waals surface area contributed by atoms with Crippen molar-refractivity contribution in [3.05, 3.63) is 24.0 Å². The Morgan fingerprint density at radius 3 is 2.69 bits per heavy atom. The maximum Gasteiger partial charge on any atom is 0.133 e. The Balaban J connectivity index is 1.90. The van der Waals surface area contributed by atoms with Crippen LogP contribution in [0.5, 0.6) is 5.75 Å². The van der Waals surface area contributed by atoms with Gasteiger partial charge in [0.15, 0.2) is 0 Å². The standard InChI is InChI=1S/C13H20N2O/c1-15(12-5-3-2-4-6-12)10-11-7-8-13(16)9-14-11/h7-9,12,16H,2-6,10H2,1H3. The van der Waals surface area contributed by atoms with Gasteiger partial charge in [0.2, 0.25) is 0 Å². The molecular weight excluding hydrogens is 200 g/mol. The lowest BCUT2D eigenvalue weighted by atomic mass is 9.94. The average molecular weight is 220 g/mol. The van der Waals surface area contributed by atoms with E-state index >= 15 is 0 Å². The van der Waals surface area contributed by atoms with Crippen LogP contribution >= 0.6 is 0 Å². The second-order valence-corrected chi connectivity index (χ2v) is 4.71. The fraction of sp³-hybridized carbons (Fsp3) is 0.615. The lowest BCUT2D eigenvalue weighted by Crippen LogP contribution is -2.33. The molecule has 0 aromatic carbocycles. The van der Waals surface area contributed by atoms with Crippen LogP contribution in [0, 0.1) is 0 Å². The topological polar surface area (TPSA) is 36.4 Å². The summed E-state index contributed by atoms with van der Waals surface area (Å²) in [6, 6.07) is 4.32. The van der Waals surface area contributed by atoms with Gasteiger partial charge in [-0.3, -0.25) is 9.88 Å². The van der Waals surface area contributed by atoms with Gasteiger partial charge in [-0.2, -0.15) is 0 Å². The Hall–Kier alpha value is -1.09. The number of hydrogen-bond donors (Lipinski definition) is 1. The second kappa shape index (κ2) is 5.30. The molecule has 0 bridgehead atoms. The van der Waals surface area contributed by atoms with Crippen molar-refractivity contribution in [3.8, 4) is 5.75 Å². The first-order valence-electron chi connectivity index (χ1n) is 6.10. The first-order chi connectivity index (χ1) is 7.75. The summed E-state index contributed by atoms with van der Waals surface area (Å²) in [4.78, 5) is 6.61. The molecule has 1 aromatic rings. The molecular formula is C13H20N2O. The Kier molecular flexibility index (Phi) is 3.78. The largest absolute Gasteiger partial charge is 0.506 e. The molecule has 16 heavy (non-hydrogen) atoms.